The Kier molecular flexibility index (Phi) is 6.07. The lowest BCUT2D eigenvalue weighted by Gasteiger charge is -2.46. The van der Waals surface area contributed by atoms with Crippen molar-refractivity contribution >= 4 is 45.9 Å². The van der Waals surface area contributed by atoms with Crippen LogP contribution in [-0.2, 0) is 0 Å². The van der Waals surface area contributed by atoms with E-state index in [9.17, 15) is 0 Å². The number of benzene rings is 2. The van der Waals surface area contributed by atoms with Crippen molar-refractivity contribution in [3.63, 3.8) is 0 Å². The Labute approximate surface area is 195 Å². The van der Waals surface area contributed by atoms with Gasteiger partial charge in [0.1, 0.15) is 4.87 Å². The third kappa shape index (κ3) is 3.68. The smallest absolute Gasteiger partial charge is 0.106 e. The van der Waals surface area contributed by atoms with Gasteiger partial charge in [0.2, 0.25) is 0 Å². The Balaban J connectivity index is 2.56. The lowest BCUT2D eigenvalue weighted by atomic mass is 9.68. The van der Waals surface area contributed by atoms with Crippen LogP contribution in [0.3, 0.4) is 0 Å². The summed E-state index contributed by atoms with van der Waals surface area (Å²) in [4.78, 5) is 2.71. The zero-order chi connectivity index (χ0) is 23.3. The lowest BCUT2D eigenvalue weighted by Crippen LogP contribution is -2.53. The predicted molar refractivity (Wildman–Crippen MR) is 137 cm³/mol. The molecule has 0 aromatic heterocycles. The van der Waals surface area contributed by atoms with E-state index in [0.29, 0.717) is 5.69 Å². The number of hydrogen-bond donors (Lipinski definition) is 2. The fraction of sp³-hybridized carbons (Fsp3) is 0.346. The molecule has 0 aliphatic heterocycles. The number of halogens is 2. The van der Waals surface area contributed by atoms with Gasteiger partial charge in [0.05, 0.1) is 10.6 Å². The van der Waals surface area contributed by atoms with Crippen molar-refractivity contribution in [1.82, 2.24) is 0 Å². The molecular weight excluding hydrogens is 425 g/mol. The third-order valence-electron chi connectivity index (χ3n) is 6.64. The molecule has 164 valence electrons. The summed E-state index contributed by atoms with van der Waals surface area (Å²) < 4.78 is 0. The van der Waals surface area contributed by atoms with Crippen molar-refractivity contribution < 1.29 is 0 Å². The summed E-state index contributed by atoms with van der Waals surface area (Å²) >= 11 is 14.5. The maximum Gasteiger partial charge on any atom is 0.106 e. The molecule has 1 aliphatic rings. The topological polar surface area (TPSA) is 64.4 Å². The van der Waals surface area contributed by atoms with Gasteiger partial charge >= 0.3 is 0 Å². The van der Waals surface area contributed by atoms with E-state index in [1.807, 2.05) is 51.1 Å². The first kappa shape index (κ1) is 23.4. The van der Waals surface area contributed by atoms with Gasteiger partial charge in [-0.2, -0.15) is 0 Å². The molecule has 2 aromatic carbocycles. The van der Waals surface area contributed by atoms with Crippen LogP contribution in [0.15, 0.2) is 58.1 Å². The van der Waals surface area contributed by atoms with Gasteiger partial charge in [-0.1, -0.05) is 12.1 Å². The van der Waals surface area contributed by atoms with Crippen molar-refractivity contribution in [3.8, 4) is 0 Å². The molecule has 3 nitrogen and oxygen atoms in total. The van der Waals surface area contributed by atoms with E-state index < -0.39 is 9.75 Å². The van der Waals surface area contributed by atoms with Gasteiger partial charge in [-0.15, -0.1) is 23.2 Å². The summed E-state index contributed by atoms with van der Waals surface area (Å²) in [5.74, 6) is 0. The average Bonchev–Trinajstić information content (AvgIpc) is 2.68. The first-order chi connectivity index (χ1) is 14.3. The Hall–Kier alpha value is -2.23. The van der Waals surface area contributed by atoms with Gasteiger partial charge in [0.25, 0.3) is 0 Å². The van der Waals surface area contributed by atoms with E-state index >= 15 is 0 Å². The summed E-state index contributed by atoms with van der Waals surface area (Å²) in [6, 6.07) is 12.0. The summed E-state index contributed by atoms with van der Waals surface area (Å²) in [5.41, 5.74) is 22.9. The monoisotopic (exact) mass is 455 g/mol. The van der Waals surface area contributed by atoms with Gasteiger partial charge in [0.15, 0.2) is 0 Å². The van der Waals surface area contributed by atoms with E-state index in [0.717, 1.165) is 55.9 Å². The van der Waals surface area contributed by atoms with Crippen LogP contribution in [0, 0.1) is 13.8 Å². The van der Waals surface area contributed by atoms with Crippen LogP contribution in [0.5, 0.6) is 0 Å². The minimum atomic E-state index is -0.911. The van der Waals surface area contributed by atoms with Crippen molar-refractivity contribution in [2.24, 2.45) is 4.99 Å². The first-order valence-corrected chi connectivity index (χ1v) is 11.1. The second-order valence-electron chi connectivity index (χ2n) is 8.72. The number of nitrogens with two attached hydrogens (primary N) is 2. The molecule has 4 N–H and O–H groups in total. The molecule has 2 aromatic rings. The molecule has 31 heavy (non-hydrogen) atoms. The SMILES string of the molecule is CN=C1C(C)=C(C)C(=C(c2ccc(N)cc2)c2cc(C)c(N)cc2C)C(C)(Cl)C1(C)Cl. The fourth-order valence-electron chi connectivity index (χ4n) is 4.52. The predicted octanol–water partition coefficient (Wildman–Crippen LogP) is 6.69. The largest absolute Gasteiger partial charge is 0.399 e. The van der Waals surface area contributed by atoms with Gasteiger partial charge in [-0.25, -0.2) is 0 Å². The zero-order valence-electron chi connectivity index (χ0n) is 19.3. The van der Waals surface area contributed by atoms with Gasteiger partial charge in [0, 0.05) is 18.4 Å². The number of alkyl halides is 2. The fourth-order valence-corrected chi connectivity index (χ4v) is 5.16. The molecule has 0 saturated heterocycles. The Morgan fingerprint density at radius 1 is 0.839 bits per heavy atom. The highest BCUT2D eigenvalue weighted by Crippen LogP contribution is 2.53. The second-order valence-corrected chi connectivity index (χ2v) is 10.2. The molecule has 0 saturated carbocycles. The van der Waals surface area contributed by atoms with E-state index in [4.69, 9.17) is 34.7 Å². The molecule has 0 amide bonds. The number of nitrogen functional groups attached to an aromatic ring is 2. The summed E-state index contributed by atoms with van der Waals surface area (Å²) in [6.45, 7) is 12.2. The highest BCUT2D eigenvalue weighted by atomic mass is 35.5. The lowest BCUT2D eigenvalue weighted by molar-refractivity contribution is 0.624. The van der Waals surface area contributed by atoms with Crippen LogP contribution in [0.4, 0.5) is 11.4 Å². The minimum absolute atomic E-state index is 0.710. The summed E-state index contributed by atoms with van der Waals surface area (Å²) in [7, 11) is 1.77. The van der Waals surface area contributed by atoms with E-state index in [-0.39, 0.29) is 0 Å². The van der Waals surface area contributed by atoms with Crippen LogP contribution in [0.1, 0.15) is 49.9 Å². The van der Waals surface area contributed by atoms with Crippen molar-refractivity contribution in [1.29, 1.82) is 0 Å². The normalized spacial score (nSPS) is 27.1. The number of rotatable bonds is 2. The summed E-state index contributed by atoms with van der Waals surface area (Å²) in [6.07, 6.45) is 0. The maximum absolute atomic E-state index is 7.36. The Bertz CT molecular complexity index is 1130. The molecule has 2 atom stereocenters. The van der Waals surface area contributed by atoms with Gasteiger partial charge in [-0.05, 0) is 110 Å². The molecule has 3 rings (SSSR count). The van der Waals surface area contributed by atoms with Crippen molar-refractivity contribution in [2.75, 3.05) is 18.5 Å². The number of aliphatic imine (C=N–C) groups is 1. The highest BCUT2D eigenvalue weighted by Gasteiger charge is 2.53. The second kappa shape index (κ2) is 8.03. The van der Waals surface area contributed by atoms with Crippen LogP contribution in [0.25, 0.3) is 5.57 Å². The van der Waals surface area contributed by atoms with Gasteiger partial charge < -0.3 is 11.5 Å². The number of hydrogen-bond acceptors (Lipinski definition) is 3. The third-order valence-corrected chi connectivity index (χ3v) is 7.86. The molecule has 1 aliphatic carbocycles. The molecule has 2 unspecified atom stereocenters. The van der Waals surface area contributed by atoms with Crippen molar-refractivity contribution in [3.05, 3.63) is 75.4 Å². The van der Waals surface area contributed by atoms with Crippen molar-refractivity contribution in [2.45, 2.75) is 51.3 Å². The standard InChI is InChI=1S/C26H31Cl2N3/c1-14-13-21(30)15(2)12-20(14)22(18-8-10-19(29)11-9-18)23-16(3)17(4)24(31-7)26(6,28)25(23,5)27/h8-13H,29-30H2,1-7H3. The molecule has 0 heterocycles. The van der Waals surface area contributed by atoms with E-state index in [1.54, 1.807) is 7.05 Å². The number of allylic oxidation sites excluding steroid dienone is 3. The Morgan fingerprint density at radius 3 is 1.97 bits per heavy atom. The molecule has 0 radical (unpaired) electrons. The minimum Gasteiger partial charge on any atom is -0.399 e. The molecule has 0 fully saturated rings. The van der Waals surface area contributed by atoms with Crippen LogP contribution >= 0.6 is 23.2 Å². The van der Waals surface area contributed by atoms with E-state index in [2.05, 4.69) is 31.8 Å². The summed E-state index contributed by atoms with van der Waals surface area (Å²) in [5, 5.41) is 0. The van der Waals surface area contributed by atoms with Crippen LogP contribution < -0.4 is 11.5 Å². The highest BCUT2D eigenvalue weighted by molar-refractivity contribution is 6.48. The molecular formula is C26H31Cl2N3. The Morgan fingerprint density at radius 2 is 1.42 bits per heavy atom. The molecule has 5 heteroatoms. The van der Waals surface area contributed by atoms with Gasteiger partial charge in [-0.3, -0.25) is 4.99 Å². The quantitative estimate of drug-likeness (QED) is 0.391. The van der Waals surface area contributed by atoms with Crippen LogP contribution in [0.2, 0.25) is 0 Å². The number of aryl methyl sites for hydroxylation is 2. The molecule has 0 bridgehead atoms. The van der Waals surface area contributed by atoms with E-state index in [1.165, 1.54) is 0 Å². The van der Waals surface area contributed by atoms with Crippen LogP contribution in [-0.4, -0.2) is 22.5 Å². The number of anilines is 2. The number of nitrogens with zero attached hydrogens (tertiary/aromatic N) is 1. The first-order valence-electron chi connectivity index (χ1n) is 10.4. The average molecular weight is 456 g/mol. The maximum atomic E-state index is 7.36. The molecule has 0 spiro atoms. The zero-order valence-corrected chi connectivity index (χ0v) is 20.8.